The number of halogens is 2. The number of hydrogen-bond acceptors (Lipinski definition) is 4. The molecule has 1 aliphatic heterocycles. The molecule has 1 aromatic heterocycles. The van der Waals surface area contributed by atoms with Crippen LogP contribution in [0.25, 0.3) is 0 Å². The van der Waals surface area contributed by atoms with E-state index in [1.165, 1.54) is 28.3 Å². The minimum absolute atomic E-state index is 0.0411. The first-order valence-electron chi connectivity index (χ1n) is 11.0. The van der Waals surface area contributed by atoms with E-state index in [2.05, 4.69) is 22.3 Å². The van der Waals surface area contributed by atoms with E-state index in [0.29, 0.717) is 30.0 Å². The van der Waals surface area contributed by atoms with Gasteiger partial charge in [0.1, 0.15) is 18.2 Å². The van der Waals surface area contributed by atoms with Crippen molar-refractivity contribution in [3.63, 3.8) is 0 Å². The van der Waals surface area contributed by atoms with Crippen LogP contribution in [0.1, 0.15) is 42.4 Å². The van der Waals surface area contributed by atoms with E-state index in [1.807, 2.05) is 32.0 Å². The number of nitrogens with zero attached hydrogens (tertiary/aromatic N) is 3. The molecule has 0 atom stereocenters. The quantitative estimate of drug-likeness (QED) is 0.583. The van der Waals surface area contributed by atoms with Gasteiger partial charge in [-0.1, -0.05) is 55.8 Å². The molecule has 0 spiro atoms. The second-order valence-corrected chi connectivity index (χ2v) is 8.97. The Balaban J connectivity index is 1.56. The minimum Gasteiger partial charge on any atom is -0.324 e. The van der Waals surface area contributed by atoms with Crippen LogP contribution in [0.3, 0.4) is 0 Å². The largest absolute Gasteiger partial charge is 0.324 e. The van der Waals surface area contributed by atoms with E-state index in [0.717, 1.165) is 18.8 Å². The maximum atomic E-state index is 13.4. The molecular weight excluding hydrogens is 443 g/mol. The van der Waals surface area contributed by atoms with Gasteiger partial charge in [0, 0.05) is 36.8 Å². The summed E-state index contributed by atoms with van der Waals surface area (Å²) in [6.07, 6.45) is 0.585. The highest BCUT2D eigenvalue weighted by Gasteiger charge is 2.25. The fourth-order valence-corrected chi connectivity index (χ4v) is 4.27. The summed E-state index contributed by atoms with van der Waals surface area (Å²) in [6.45, 7) is 5.88. The first-order chi connectivity index (χ1) is 15.8. The molecule has 172 valence electrons. The van der Waals surface area contributed by atoms with Gasteiger partial charge in [-0.3, -0.25) is 19.1 Å². The van der Waals surface area contributed by atoms with E-state index in [9.17, 15) is 14.0 Å². The molecular formula is C25H26ClFN4O2. The van der Waals surface area contributed by atoms with Gasteiger partial charge < -0.3 is 5.32 Å². The fourth-order valence-electron chi connectivity index (χ4n) is 4.09. The van der Waals surface area contributed by atoms with Crippen molar-refractivity contribution < 1.29 is 9.18 Å². The molecule has 0 saturated heterocycles. The molecule has 0 saturated carbocycles. The number of benzene rings is 2. The van der Waals surface area contributed by atoms with Crippen LogP contribution in [0.15, 0.2) is 53.3 Å². The molecule has 1 N–H and O–H groups in total. The first-order valence-corrected chi connectivity index (χ1v) is 11.3. The molecule has 6 nitrogen and oxygen atoms in total. The zero-order chi connectivity index (χ0) is 23.5. The Bertz CT molecular complexity index is 1230. The maximum absolute atomic E-state index is 13.4. The van der Waals surface area contributed by atoms with Crippen molar-refractivity contribution >= 4 is 23.2 Å². The molecule has 3 aromatic rings. The Morgan fingerprint density at radius 3 is 2.67 bits per heavy atom. The molecule has 2 heterocycles. The number of fused-ring (bicyclic) bond motifs is 1. The number of rotatable bonds is 6. The number of carbonyl (C=O) groups excluding carboxylic acids is 1. The third-order valence-electron chi connectivity index (χ3n) is 5.70. The summed E-state index contributed by atoms with van der Waals surface area (Å²) in [5, 5.41) is 2.60. The molecule has 0 bridgehead atoms. The Morgan fingerprint density at radius 1 is 1.21 bits per heavy atom. The van der Waals surface area contributed by atoms with Crippen molar-refractivity contribution in [1.29, 1.82) is 0 Å². The summed E-state index contributed by atoms with van der Waals surface area (Å²) >= 11 is 5.80. The standard InChI is InChI=1S/C25H26ClFN4O2/c1-16(2)24-29-22-14-30(13-17-6-4-3-5-7-17)11-10-19(22)25(33)31(24)15-23(32)28-18-8-9-21(27)20(26)12-18/h3-9,12,16H,10-11,13-15H2,1-2H3,(H,28,32). The van der Waals surface area contributed by atoms with Gasteiger partial charge in [0.05, 0.1) is 10.7 Å². The van der Waals surface area contributed by atoms with Gasteiger partial charge in [-0.2, -0.15) is 0 Å². The Hall–Kier alpha value is -3.03. The summed E-state index contributed by atoms with van der Waals surface area (Å²) < 4.78 is 14.8. The third-order valence-corrected chi connectivity index (χ3v) is 5.99. The molecule has 4 rings (SSSR count). The number of nitrogens with one attached hydrogen (secondary N) is 1. The van der Waals surface area contributed by atoms with E-state index in [-0.39, 0.29) is 23.0 Å². The minimum atomic E-state index is -0.562. The Kier molecular flexibility index (Phi) is 6.91. The van der Waals surface area contributed by atoms with Crippen molar-refractivity contribution in [3.05, 3.63) is 92.4 Å². The van der Waals surface area contributed by atoms with Crippen LogP contribution in [0, 0.1) is 5.82 Å². The van der Waals surface area contributed by atoms with E-state index < -0.39 is 11.7 Å². The highest BCUT2D eigenvalue weighted by molar-refractivity contribution is 6.31. The van der Waals surface area contributed by atoms with Crippen LogP contribution < -0.4 is 10.9 Å². The Morgan fingerprint density at radius 2 is 1.97 bits per heavy atom. The predicted octanol–water partition coefficient (Wildman–Crippen LogP) is 4.36. The second kappa shape index (κ2) is 9.85. The maximum Gasteiger partial charge on any atom is 0.257 e. The van der Waals surface area contributed by atoms with E-state index in [1.54, 1.807) is 0 Å². The molecule has 8 heteroatoms. The highest BCUT2D eigenvalue weighted by atomic mass is 35.5. The van der Waals surface area contributed by atoms with E-state index in [4.69, 9.17) is 16.6 Å². The third kappa shape index (κ3) is 5.31. The van der Waals surface area contributed by atoms with Crippen molar-refractivity contribution in [3.8, 4) is 0 Å². The molecule has 0 radical (unpaired) electrons. The van der Waals surface area contributed by atoms with Gasteiger partial charge in [0.2, 0.25) is 5.91 Å². The van der Waals surface area contributed by atoms with Crippen molar-refractivity contribution in [2.45, 2.75) is 45.8 Å². The molecule has 0 unspecified atom stereocenters. The van der Waals surface area contributed by atoms with Crippen molar-refractivity contribution in [2.24, 2.45) is 0 Å². The number of aromatic nitrogens is 2. The number of carbonyl (C=O) groups is 1. The first kappa shape index (κ1) is 23.1. The predicted molar refractivity (Wildman–Crippen MR) is 127 cm³/mol. The van der Waals surface area contributed by atoms with Gasteiger partial charge in [0.15, 0.2) is 0 Å². The number of amides is 1. The average molecular weight is 469 g/mol. The summed E-state index contributed by atoms with van der Waals surface area (Å²) in [5.74, 6) is -0.425. The average Bonchev–Trinajstić information content (AvgIpc) is 2.78. The molecule has 0 fully saturated rings. The monoisotopic (exact) mass is 468 g/mol. The summed E-state index contributed by atoms with van der Waals surface area (Å²) in [5.41, 5.74) is 2.87. The van der Waals surface area contributed by atoms with Crippen molar-refractivity contribution in [1.82, 2.24) is 14.5 Å². The second-order valence-electron chi connectivity index (χ2n) is 8.56. The van der Waals surface area contributed by atoms with Crippen LogP contribution in [0.4, 0.5) is 10.1 Å². The summed E-state index contributed by atoms with van der Waals surface area (Å²) in [6, 6.07) is 14.2. The lowest BCUT2D eigenvalue weighted by Gasteiger charge is -2.29. The molecule has 1 aliphatic rings. The summed E-state index contributed by atoms with van der Waals surface area (Å²) in [7, 11) is 0. The number of anilines is 1. The van der Waals surface area contributed by atoms with Crippen LogP contribution in [0.5, 0.6) is 0 Å². The van der Waals surface area contributed by atoms with E-state index >= 15 is 0 Å². The normalized spacial score (nSPS) is 13.7. The molecule has 2 aromatic carbocycles. The van der Waals surface area contributed by atoms with Gasteiger partial charge >= 0.3 is 0 Å². The van der Waals surface area contributed by atoms with Crippen molar-refractivity contribution in [2.75, 3.05) is 11.9 Å². The molecule has 1 amide bonds. The smallest absolute Gasteiger partial charge is 0.257 e. The molecule has 33 heavy (non-hydrogen) atoms. The molecule has 0 aliphatic carbocycles. The zero-order valence-electron chi connectivity index (χ0n) is 18.6. The SMILES string of the molecule is CC(C)c1nc2c(c(=O)n1CC(=O)Nc1ccc(F)c(Cl)c1)CCN(Cc1ccccc1)C2. The summed E-state index contributed by atoms with van der Waals surface area (Å²) in [4.78, 5) is 33.1. The van der Waals surface area contributed by atoms with Gasteiger partial charge in [0.25, 0.3) is 5.56 Å². The lowest BCUT2D eigenvalue weighted by atomic mass is 10.0. The van der Waals surface area contributed by atoms with Crippen LogP contribution in [-0.4, -0.2) is 26.9 Å². The van der Waals surface area contributed by atoms with Gasteiger partial charge in [-0.15, -0.1) is 0 Å². The highest BCUT2D eigenvalue weighted by Crippen LogP contribution is 2.21. The lowest BCUT2D eigenvalue weighted by molar-refractivity contribution is -0.116. The van der Waals surface area contributed by atoms with Crippen LogP contribution in [0.2, 0.25) is 5.02 Å². The lowest BCUT2D eigenvalue weighted by Crippen LogP contribution is -2.40. The topological polar surface area (TPSA) is 67.2 Å². The zero-order valence-corrected chi connectivity index (χ0v) is 19.4. The fraction of sp³-hybridized carbons (Fsp3) is 0.320. The van der Waals surface area contributed by atoms with Gasteiger partial charge in [-0.05, 0) is 30.2 Å². The van der Waals surface area contributed by atoms with Crippen LogP contribution in [-0.2, 0) is 30.8 Å². The Labute approximate surface area is 197 Å². The van der Waals surface area contributed by atoms with Gasteiger partial charge in [-0.25, -0.2) is 9.37 Å². The number of hydrogen-bond donors (Lipinski definition) is 1. The van der Waals surface area contributed by atoms with Crippen LogP contribution >= 0.6 is 11.6 Å².